The van der Waals surface area contributed by atoms with Crippen LogP contribution in [0.1, 0.15) is 11.4 Å². The number of pyridine rings is 1. The fourth-order valence-electron chi connectivity index (χ4n) is 3.63. The lowest BCUT2D eigenvalue weighted by molar-refractivity contribution is 0.414. The third kappa shape index (κ3) is 2.87. The number of hydrogen-bond acceptors (Lipinski definition) is 5. The summed E-state index contributed by atoms with van der Waals surface area (Å²) in [5, 5.41) is 0. The van der Waals surface area contributed by atoms with Crippen LogP contribution in [0.3, 0.4) is 0 Å². The third-order valence-electron chi connectivity index (χ3n) is 5.04. The number of fused-ring (bicyclic) bond motifs is 2. The average Bonchev–Trinajstić information content (AvgIpc) is 3.23. The number of nitrogens with zero attached hydrogens (tertiary/aromatic N) is 4. The summed E-state index contributed by atoms with van der Waals surface area (Å²) >= 11 is 0. The Morgan fingerprint density at radius 3 is 2.69 bits per heavy atom. The van der Waals surface area contributed by atoms with E-state index in [0.29, 0.717) is 17.9 Å². The van der Waals surface area contributed by atoms with E-state index in [-0.39, 0.29) is 5.76 Å². The lowest BCUT2D eigenvalue weighted by Gasteiger charge is -2.09. The normalized spacial score (nSPS) is 11.4. The first kappa shape index (κ1) is 17.2. The molecule has 3 heterocycles. The van der Waals surface area contributed by atoms with E-state index >= 15 is 0 Å². The molecule has 0 saturated heterocycles. The zero-order valence-corrected chi connectivity index (χ0v) is 16.0. The Morgan fingerprint density at radius 1 is 1.07 bits per heavy atom. The summed E-state index contributed by atoms with van der Waals surface area (Å²) in [6.45, 7) is 2.39. The van der Waals surface area contributed by atoms with E-state index in [1.165, 1.54) is 0 Å². The van der Waals surface area contributed by atoms with Gasteiger partial charge in [0.1, 0.15) is 17.1 Å². The van der Waals surface area contributed by atoms with Gasteiger partial charge in [0.25, 0.3) is 0 Å². The van der Waals surface area contributed by atoms with E-state index in [1.54, 1.807) is 30.1 Å². The number of hydrogen-bond donors (Lipinski definition) is 0. The maximum atomic E-state index is 12.3. The highest BCUT2D eigenvalue weighted by molar-refractivity contribution is 5.77. The van der Waals surface area contributed by atoms with Gasteiger partial charge in [0, 0.05) is 18.0 Å². The van der Waals surface area contributed by atoms with E-state index in [0.717, 1.165) is 33.6 Å². The second kappa shape index (κ2) is 6.63. The van der Waals surface area contributed by atoms with E-state index in [9.17, 15) is 4.79 Å². The van der Waals surface area contributed by atoms with Gasteiger partial charge in [0.05, 0.1) is 30.9 Å². The number of oxazole rings is 1. The minimum atomic E-state index is -0.388. The molecule has 3 aromatic heterocycles. The highest BCUT2D eigenvalue weighted by atomic mass is 16.5. The van der Waals surface area contributed by atoms with Crippen molar-refractivity contribution in [1.29, 1.82) is 0 Å². The second-order valence-corrected chi connectivity index (χ2v) is 6.81. The van der Waals surface area contributed by atoms with Crippen LogP contribution in [0.25, 0.3) is 27.8 Å². The van der Waals surface area contributed by atoms with E-state index in [4.69, 9.17) is 9.15 Å². The van der Waals surface area contributed by atoms with E-state index in [1.807, 2.05) is 49.4 Å². The van der Waals surface area contributed by atoms with Crippen LogP contribution in [0.4, 0.5) is 0 Å². The summed E-state index contributed by atoms with van der Waals surface area (Å²) in [7, 11) is 1.58. The standard InChI is InChI=1S/C22H18N4O3/c1-14-24-18-12-23-10-9-19(18)26(14)16-5-3-15(4-6-16)13-25-20-8-7-17(28-2)11-21(20)29-22(25)27/h3-12H,13H2,1-2H3. The monoisotopic (exact) mass is 386 g/mol. The molecule has 0 amide bonds. The van der Waals surface area contributed by atoms with Gasteiger partial charge in [-0.15, -0.1) is 0 Å². The molecule has 0 N–H and O–H groups in total. The number of ether oxygens (including phenoxy) is 1. The first-order valence-electron chi connectivity index (χ1n) is 9.20. The van der Waals surface area contributed by atoms with E-state index < -0.39 is 0 Å². The van der Waals surface area contributed by atoms with Crippen LogP contribution in [0.2, 0.25) is 0 Å². The smallest absolute Gasteiger partial charge is 0.420 e. The molecular formula is C22H18N4O3. The van der Waals surface area contributed by atoms with Crippen LogP contribution in [0.5, 0.6) is 5.75 Å². The Morgan fingerprint density at radius 2 is 1.90 bits per heavy atom. The largest absolute Gasteiger partial charge is 0.497 e. The van der Waals surface area contributed by atoms with Gasteiger partial charge < -0.3 is 9.15 Å². The van der Waals surface area contributed by atoms with Crippen molar-refractivity contribution in [2.24, 2.45) is 0 Å². The Balaban J connectivity index is 1.50. The molecule has 0 spiro atoms. The number of imidazole rings is 1. The number of benzene rings is 2. The van der Waals surface area contributed by atoms with Crippen molar-refractivity contribution in [2.45, 2.75) is 13.5 Å². The highest BCUT2D eigenvalue weighted by Gasteiger charge is 2.12. The molecule has 0 radical (unpaired) electrons. The van der Waals surface area contributed by atoms with Crippen molar-refractivity contribution in [3.05, 3.63) is 82.9 Å². The molecule has 29 heavy (non-hydrogen) atoms. The van der Waals surface area contributed by atoms with Crippen molar-refractivity contribution in [3.8, 4) is 11.4 Å². The number of rotatable bonds is 4. The number of methoxy groups -OCH3 is 1. The minimum absolute atomic E-state index is 0.388. The average molecular weight is 386 g/mol. The van der Waals surface area contributed by atoms with Crippen LogP contribution in [-0.2, 0) is 6.54 Å². The summed E-state index contributed by atoms with van der Waals surface area (Å²) in [5.74, 6) is 1.16. The van der Waals surface area contributed by atoms with Crippen molar-refractivity contribution in [3.63, 3.8) is 0 Å². The Kier molecular flexibility index (Phi) is 3.94. The molecule has 7 nitrogen and oxygen atoms in total. The Bertz CT molecular complexity index is 1390. The number of aryl methyl sites for hydroxylation is 1. The van der Waals surface area contributed by atoms with E-state index in [2.05, 4.69) is 14.5 Å². The van der Waals surface area contributed by atoms with Crippen LogP contribution >= 0.6 is 0 Å². The van der Waals surface area contributed by atoms with Gasteiger partial charge in [-0.3, -0.25) is 14.1 Å². The third-order valence-corrected chi connectivity index (χ3v) is 5.04. The van der Waals surface area contributed by atoms with Gasteiger partial charge in [0.15, 0.2) is 5.58 Å². The molecule has 0 fully saturated rings. The van der Waals surface area contributed by atoms with Gasteiger partial charge in [-0.05, 0) is 42.8 Å². The zero-order chi connectivity index (χ0) is 20.0. The summed E-state index contributed by atoms with van der Waals surface area (Å²) < 4.78 is 14.3. The van der Waals surface area contributed by atoms with Gasteiger partial charge in [-0.2, -0.15) is 0 Å². The SMILES string of the molecule is COc1ccc2c(c1)oc(=O)n2Cc1ccc(-n2c(C)nc3cnccc32)cc1. The molecule has 5 aromatic rings. The lowest BCUT2D eigenvalue weighted by atomic mass is 10.2. The number of aromatic nitrogens is 4. The van der Waals surface area contributed by atoms with Crippen molar-refractivity contribution in [1.82, 2.24) is 19.1 Å². The molecule has 0 aliphatic carbocycles. The van der Waals surface area contributed by atoms with Gasteiger partial charge in [-0.1, -0.05) is 12.1 Å². The summed E-state index contributed by atoms with van der Waals surface area (Å²) in [6, 6.07) is 15.4. The van der Waals surface area contributed by atoms with Crippen LogP contribution in [0.15, 0.2) is 70.1 Å². The van der Waals surface area contributed by atoms with Crippen LogP contribution in [0, 0.1) is 6.92 Å². The first-order valence-corrected chi connectivity index (χ1v) is 9.20. The van der Waals surface area contributed by atoms with Crippen molar-refractivity contribution >= 4 is 22.1 Å². The van der Waals surface area contributed by atoms with Crippen molar-refractivity contribution < 1.29 is 9.15 Å². The second-order valence-electron chi connectivity index (χ2n) is 6.81. The molecular weight excluding hydrogens is 368 g/mol. The van der Waals surface area contributed by atoms with Crippen LogP contribution in [-0.4, -0.2) is 26.2 Å². The highest BCUT2D eigenvalue weighted by Crippen LogP contribution is 2.23. The van der Waals surface area contributed by atoms with Gasteiger partial charge in [0.2, 0.25) is 0 Å². The predicted octanol–water partition coefficient (Wildman–Crippen LogP) is 3.69. The first-order chi connectivity index (χ1) is 14.1. The fourth-order valence-corrected chi connectivity index (χ4v) is 3.63. The van der Waals surface area contributed by atoms with Gasteiger partial charge in [-0.25, -0.2) is 9.78 Å². The van der Waals surface area contributed by atoms with Crippen molar-refractivity contribution in [2.75, 3.05) is 7.11 Å². The minimum Gasteiger partial charge on any atom is -0.497 e. The van der Waals surface area contributed by atoms with Crippen LogP contribution < -0.4 is 10.5 Å². The maximum Gasteiger partial charge on any atom is 0.420 e. The Hall–Kier alpha value is -3.87. The molecule has 2 aromatic carbocycles. The zero-order valence-electron chi connectivity index (χ0n) is 16.0. The topological polar surface area (TPSA) is 75.1 Å². The molecule has 0 aliphatic rings. The molecule has 144 valence electrons. The molecule has 5 rings (SSSR count). The lowest BCUT2D eigenvalue weighted by Crippen LogP contribution is -2.14. The molecule has 0 atom stereocenters. The summed E-state index contributed by atoms with van der Waals surface area (Å²) in [4.78, 5) is 21.0. The quantitative estimate of drug-likeness (QED) is 0.471. The summed E-state index contributed by atoms with van der Waals surface area (Å²) in [6.07, 6.45) is 3.53. The molecule has 0 unspecified atom stereocenters. The fraction of sp³-hybridized carbons (Fsp3) is 0.136. The summed E-state index contributed by atoms with van der Waals surface area (Å²) in [5.41, 5.74) is 5.13. The maximum absolute atomic E-state index is 12.3. The molecule has 7 heteroatoms. The Labute approximate surface area is 165 Å². The predicted molar refractivity (Wildman–Crippen MR) is 110 cm³/mol. The molecule has 0 saturated carbocycles. The van der Waals surface area contributed by atoms with Gasteiger partial charge >= 0.3 is 5.76 Å². The molecule has 0 bridgehead atoms. The molecule has 0 aliphatic heterocycles.